The molecule has 4 nitrogen and oxygen atoms in total. The lowest BCUT2D eigenvalue weighted by atomic mass is 9.82. The van der Waals surface area contributed by atoms with Crippen LogP contribution in [-0.4, -0.2) is 20.1 Å². The van der Waals surface area contributed by atoms with Crippen LogP contribution in [0.1, 0.15) is 46.3 Å². The monoisotopic (exact) mass is 299 g/mol. The van der Waals surface area contributed by atoms with Gasteiger partial charge in [-0.2, -0.15) is 0 Å². The molecule has 0 saturated heterocycles. The smallest absolute Gasteiger partial charge is 0.240 e. The molecular weight excluding hydrogens is 274 g/mol. The predicted octanol–water partition coefficient (Wildman–Crippen LogP) is 2.70. The van der Waals surface area contributed by atoms with Crippen LogP contribution < -0.4 is 4.72 Å². The van der Waals surface area contributed by atoms with Crippen molar-refractivity contribution in [1.82, 2.24) is 4.72 Å². The molecule has 0 aliphatic heterocycles. The minimum absolute atomic E-state index is 0.0543. The van der Waals surface area contributed by atoms with E-state index in [1.54, 1.807) is 19.1 Å². The number of aliphatic hydroxyl groups is 1. The fourth-order valence-corrected chi connectivity index (χ4v) is 2.68. The van der Waals surface area contributed by atoms with Gasteiger partial charge in [0.05, 0.1) is 11.0 Å². The van der Waals surface area contributed by atoms with E-state index in [0.717, 1.165) is 0 Å². The Morgan fingerprint density at radius 2 is 1.65 bits per heavy atom. The number of hydrogen-bond donors (Lipinski definition) is 2. The number of aliphatic hydroxyl groups excluding tert-OH is 1. The Bertz CT molecular complexity index is 527. The zero-order chi connectivity index (χ0) is 15.6. The molecule has 20 heavy (non-hydrogen) atoms. The van der Waals surface area contributed by atoms with Crippen LogP contribution in [0.15, 0.2) is 29.2 Å². The first-order valence-electron chi connectivity index (χ1n) is 6.82. The van der Waals surface area contributed by atoms with Crippen LogP contribution >= 0.6 is 0 Å². The normalized spacial score (nSPS) is 15.9. The second kappa shape index (κ2) is 6.24. The Hall–Kier alpha value is -0.910. The maximum absolute atomic E-state index is 12.2. The van der Waals surface area contributed by atoms with Crippen molar-refractivity contribution in [2.24, 2.45) is 11.3 Å². The fourth-order valence-electron chi connectivity index (χ4n) is 1.55. The SMILES string of the molecule is CC(O)c1ccc(S(=O)(=O)NCC(C)C(C)(C)C)cc1. The van der Waals surface area contributed by atoms with Crippen molar-refractivity contribution >= 4 is 10.0 Å². The van der Waals surface area contributed by atoms with Gasteiger partial charge in [-0.15, -0.1) is 0 Å². The van der Waals surface area contributed by atoms with Gasteiger partial charge in [-0.05, 0) is 36.0 Å². The van der Waals surface area contributed by atoms with Gasteiger partial charge in [-0.1, -0.05) is 39.8 Å². The topological polar surface area (TPSA) is 66.4 Å². The van der Waals surface area contributed by atoms with Gasteiger partial charge >= 0.3 is 0 Å². The molecule has 1 aromatic rings. The van der Waals surface area contributed by atoms with Crippen LogP contribution in [0.5, 0.6) is 0 Å². The Morgan fingerprint density at radius 1 is 1.15 bits per heavy atom. The van der Waals surface area contributed by atoms with Crippen molar-refractivity contribution < 1.29 is 13.5 Å². The van der Waals surface area contributed by atoms with Crippen molar-refractivity contribution in [2.45, 2.75) is 45.6 Å². The molecule has 2 N–H and O–H groups in total. The number of benzene rings is 1. The van der Waals surface area contributed by atoms with Gasteiger partial charge in [0, 0.05) is 6.54 Å². The Morgan fingerprint density at radius 3 is 2.05 bits per heavy atom. The first kappa shape index (κ1) is 17.1. The number of nitrogens with one attached hydrogen (secondary N) is 1. The molecule has 0 bridgehead atoms. The Labute approximate surface area is 122 Å². The van der Waals surface area contributed by atoms with E-state index in [-0.39, 0.29) is 16.2 Å². The van der Waals surface area contributed by atoms with E-state index >= 15 is 0 Å². The molecule has 2 atom stereocenters. The highest BCUT2D eigenvalue weighted by Crippen LogP contribution is 2.25. The maximum Gasteiger partial charge on any atom is 0.240 e. The van der Waals surface area contributed by atoms with Crippen molar-refractivity contribution in [2.75, 3.05) is 6.54 Å². The summed E-state index contributed by atoms with van der Waals surface area (Å²) in [5.74, 6) is 0.231. The summed E-state index contributed by atoms with van der Waals surface area (Å²) in [6.45, 7) is 10.3. The van der Waals surface area contributed by atoms with Crippen LogP contribution in [0.4, 0.5) is 0 Å². The molecular formula is C15H25NO3S. The van der Waals surface area contributed by atoms with Gasteiger partial charge in [0.2, 0.25) is 10.0 Å². The van der Waals surface area contributed by atoms with Crippen molar-refractivity contribution in [1.29, 1.82) is 0 Å². The summed E-state index contributed by atoms with van der Waals surface area (Å²) < 4.78 is 27.0. The first-order valence-corrected chi connectivity index (χ1v) is 8.30. The lowest BCUT2D eigenvalue weighted by molar-refractivity contribution is 0.199. The second-order valence-corrected chi connectivity index (χ2v) is 8.13. The zero-order valence-electron chi connectivity index (χ0n) is 12.8. The van der Waals surface area contributed by atoms with Crippen LogP contribution in [0, 0.1) is 11.3 Å². The van der Waals surface area contributed by atoms with Gasteiger partial charge in [0.25, 0.3) is 0 Å². The summed E-state index contributed by atoms with van der Waals surface area (Å²) >= 11 is 0. The highest BCUT2D eigenvalue weighted by atomic mass is 32.2. The van der Waals surface area contributed by atoms with Crippen molar-refractivity contribution in [3.05, 3.63) is 29.8 Å². The molecule has 0 saturated carbocycles. The standard InChI is InChI=1S/C15H25NO3S/c1-11(15(3,4)5)10-16-20(18,19)14-8-6-13(7-9-14)12(2)17/h6-9,11-12,16-17H,10H2,1-5H3. The number of sulfonamides is 1. The summed E-state index contributed by atoms with van der Waals surface area (Å²) in [7, 11) is -3.49. The van der Waals surface area contributed by atoms with Crippen molar-refractivity contribution in [3.8, 4) is 0 Å². The zero-order valence-corrected chi connectivity index (χ0v) is 13.7. The summed E-state index contributed by atoms with van der Waals surface area (Å²) in [5.41, 5.74) is 0.755. The number of hydrogen-bond acceptors (Lipinski definition) is 3. The third kappa shape index (κ3) is 4.58. The van der Waals surface area contributed by atoms with E-state index in [4.69, 9.17) is 0 Å². The second-order valence-electron chi connectivity index (χ2n) is 6.36. The molecule has 5 heteroatoms. The molecule has 0 fully saturated rings. The summed E-state index contributed by atoms with van der Waals surface area (Å²) in [4.78, 5) is 0.225. The Kier molecular flexibility index (Phi) is 5.35. The van der Waals surface area contributed by atoms with E-state index < -0.39 is 16.1 Å². The first-order chi connectivity index (χ1) is 9.04. The molecule has 114 valence electrons. The maximum atomic E-state index is 12.2. The molecule has 0 aliphatic rings. The van der Waals surface area contributed by atoms with Gasteiger partial charge in [-0.3, -0.25) is 0 Å². The average molecular weight is 299 g/mol. The largest absolute Gasteiger partial charge is 0.389 e. The van der Waals surface area contributed by atoms with E-state index in [2.05, 4.69) is 25.5 Å². The minimum Gasteiger partial charge on any atom is -0.389 e. The van der Waals surface area contributed by atoms with Gasteiger partial charge in [0.15, 0.2) is 0 Å². The van der Waals surface area contributed by atoms with E-state index in [1.165, 1.54) is 12.1 Å². The quantitative estimate of drug-likeness (QED) is 0.878. The Balaban J connectivity index is 2.79. The summed E-state index contributed by atoms with van der Waals surface area (Å²) in [5, 5.41) is 9.42. The molecule has 0 aliphatic carbocycles. The number of rotatable bonds is 5. The molecule has 0 heterocycles. The van der Waals surface area contributed by atoms with Gasteiger partial charge in [0.1, 0.15) is 0 Å². The fraction of sp³-hybridized carbons (Fsp3) is 0.600. The predicted molar refractivity (Wildman–Crippen MR) is 80.9 cm³/mol. The summed E-state index contributed by atoms with van der Waals surface area (Å²) in [6, 6.07) is 6.30. The van der Waals surface area contributed by atoms with Gasteiger partial charge < -0.3 is 5.11 Å². The molecule has 1 aromatic carbocycles. The van der Waals surface area contributed by atoms with Crippen LogP contribution in [0.3, 0.4) is 0 Å². The molecule has 0 radical (unpaired) electrons. The molecule has 0 spiro atoms. The molecule has 0 aromatic heterocycles. The molecule has 1 rings (SSSR count). The highest BCUT2D eigenvalue weighted by Gasteiger charge is 2.22. The van der Waals surface area contributed by atoms with E-state index in [1.807, 2.05) is 6.92 Å². The van der Waals surface area contributed by atoms with E-state index in [0.29, 0.717) is 12.1 Å². The van der Waals surface area contributed by atoms with Crippen LogP contribution in [0.25, 0.3) is 0 Å². The van der Waals surface area contributed by atoms with E-state index in [9.17, 15) is 13.5 Å². The van der Waals surface area contributed by atoms with Gasteiger partial charge in [-0.25, -0.2) is 13.1 Å². The lowest BCUT2D eigenvalue weighted by Gasteiger charge is -2.27. The van der Waals surface area contributed by atoms with Crippen LogP contribution in [-0.2, 0) is 10.0 Å². The lowest BCUT2D eigenvalue weighted by Crippen LogP contribution is -2.33. The highest BCUT2D eigenvalue weighted by molar-refractivity contribution is 7.89. The molecule has 0 amide bonds. The third-order valence-corrected chi connectivity index (χ3v) is 5.17. The van der Waals surface area contributed by atoms with Crippen LogP contribution in [0.2, 0.25) is 0 Å². The summed E-state index contributed by atoms with van der Waals surface area (Å²) in [6.07, 6.45) is -0.597. The van der Waals surface area contributed by atoms with Crippen molar-refractivity contribution in [3.63, 3.8) is 0 Å². The molecule has 2 unspecified atom stereocenters. The minimum atomic E-state index is -3.49. The average Bonchev–Trinajstić information content (AvgIpc) is 2.35. The third-order valence-electron chi connectivity index (χ3n) is 3.73.